The van der Waals surface area contributed by atoms with E-state index in [0.29, 0.717) is 5.56 Å². The van der Waals surface area contributed by atoms with Gasteiger partial charge in [0.2, 0.25) is 5.56 Å². The lowest BCUT2D eigenvalue weighted by atomic mass is 10.2. The third-order valence-electron chi connectivity index (χ3n) is 1.36. The molecule has 0 aliphatic carbocycles. The van der Waals surface area contributed by atoms with Crippen molar-refractivity contribution in [3.8, 4) is 0 Å². The number of aryl methyl sites for hydroxylation is 1. The van der Waals surface area contributed by atoms with Gasteiger partial charge in [-0.3, -0.25) is 4.79 Å². The molecule has 0 aromatic carbocycles. The van der Waals surface area contributed by atoms with Gasteiger partial charge in [-0.1, -0.05) is 0 Å². The highest BCUT2D eigenvalue weighted by Gasteiger charge is 2.05. The average Bonchev–Trinajstić information content (AvgIpc) is 1.85. The number of nitrogens with one attached hydrogen (secondary N) is 1. The van der Waals surface area contributed by atoms with Crippen molar-refractivity contribution in [1.29, 1.82) is 0 Å². The van der Waals surface area contributed by atoms with Crippen molar-refractivity contribution in [3.63, 3.8) is 0 Å². The van der Waals surface area contributed by atoms with E-state index in [1.54, 1.807) is 6.92 Å². The summed E-state index contributed by atoms with van der Waals surface area (Å²) in [6, 6.07) is 1.25. The van der Waals surface area contributed by atoms with Gasteiger partial charge in [0.25, 0.3) is 0 Å². The molecule has 0 fully saturated rings. The molecule has 11 heavy (non-hydrogen) atoms. The van der Waals surface area contributed by atoms with Gasteiger partial charge in [-0.05, 0) is 12.5 Å². The summed E-state index contributed by atoms with van der Waals surface area (Å²) in [7, 11) is 0. The molecule has 0 aliphatic heterocycles. The molecule has 0 aliphatic rings. The third kappa shape index (κ3) is 1.46. The number of carboxylic acid groups (broad SMARTS) is 1. The minimum atomic E-state index is -1.03. The van der Waals surface area contributed by atoms with Crippen LogP contribution in [0, 0.1) is 6.92 Å². The monoisotopic (exact) mass is 153 g/mol. The van der Waals surface area contributed by atoms with Crippen LogP contribution in [0.1, 0.15) is 15.9 Å². The van der Waals surface area contributed by atoms with Gasteiger partial charge in [-0.15, -0.1) is 0 Å². The summed E-state index contributed by atoms with van der Waals surface area (Å²) in [5, 5.41) is 8.53. The second-order valence-electron chi connectivity index (χ2n) is 2.20. The van der Waals surface area contributed by atoms with Crippen LogP contribution in [-0.2, 0) is 0 Å². The molecule has 1 aromatic rings. The van der Waals surface area contributed by atoms with Crippen LogP contribution >= 0.6 is 0 Å². The lowest BCUT2D eigenvalue weighted by molar-refractivity contribution is 0.0695. The standard InChI is InChI=1S/C7H7NO3/c1-4-2-6(9)8-3-5(4)7(10)11/h2-3H,1H3,(H,8,9)(H,10,11). The minimum absolute atomic E-state index is 0.129. The number of hydrogen-bond acceptors (Lipinski definition) is 2. The van der Waals surface area contributed by atoms with E-state index in [0.717, 1.165) is 0 Å². The molecule has 1 heterocycles. The molecule has 0 radical (unpaired) electrons. The number of carboxylic acids is 1. The van der Waals surface area contributed by atoms with Crippen molar-refractivity contribution >= 4 is 5.97 Å². The van der Waals surface area contributed by atoms with E-state index in [2.05, 4.69) is 4.98 Å². The SMILES string of the molecule is Cc1cc(=O)[nH]cc1C(=O)O. The third-order valence-corrected chi connectivity index (χ3v) is 1.36. The maximum Gasteiger partial charge on any atom is 0.337 e. The molecule has 1 rings (SSSR count). The molecule has 0 atom stereocenters. The molecule has 58 valence electrons. The van der Waals surface area contributed by atoms with Crippen molar-refractivity contribution < 1.29 is 9.90 Å². The molecule has 0 bridgehead atoms. The van der Waals surface area contributed by atoms with Crippen LogP contribution in [0.4, 0.5) is 0 Å². The Morgan fingerprint density at radius 1 is 1.64 bits per heavy atom. The van der Waals surface area contributed by atoms with Gasteiger partial charge in [0, 0.05) is 12.3 Å². The summed E-state index contributed by atoms with van der Waals surface area (Å²) < 4.78 is 0. The van der Waals surface area contributed by atoms with Gasteiger partial charge in [0.15, 0.2) is 0 Å². The van der Waals surface area contributed by atoms with Crippen LogP contribution in [-0.4, -0.2) is 16.1 Å². The number of H-pyrrole nitrogens is 1. The van der Waals surface area contributed by atoms with Crippen LogP contribution < -0.4 is 5.56 Å². The number of carbonyl (C=O) groups is 1. The number of rotatable bonds is 1. The van der Waals surface area contributed by atoms with E-state index in [4.69, 9.17) is 5.11 Å². The molecule has 0 amide bonds. The van der Waals surface area contributed by atoms with E-state index in [1.165, 1.54) is 12.3 Å². The molecule has 4 heteroatoms. The summed E-state index contributed by atoms with van der Waals surface area (Å²) in [5.74, 6) is -1.03. The normalized spacial score (nSPS) is 9.55. The minimum Gasteiger partial charge on any atom is -0.478 e. The van der Waals surface area contributed by atoms with Gasteiger partial charge in [0.1, 0.15) is 0 Å². The molecule has 2 N–H and O–H groups in total. The van der Waals surface area contributed by atoms with E-state index in [1.807, 2.05) is 0 Å². The summed E-state index contributed by atoms with van der Waals surface area (Å²) in [6.45, 7) is 1.58. The maximum atomic E-state index is 10.6. The van der Waals surface area contributed by atoms with Crippen LogP contribution in [0.3, 0.4) is 0 Å². The predicted octanol–water partition coefficient (Wildman–Crippen LogP) is 0.382. The molecule has 0 unspecified atom stereocenters. The second kappa shape index (κ2) is 2.57. The zero-order valence-electron chi connectivity index (χ0n) is 5.92. The number of aromatic nitrogens is 1. The summed E-state index contributed by atoms with van der Waals surface area (Å²) in [6.07, 6.45) is 1.19. The summed E-state index contributed by atoms with van der Waals surface area (Å²) in [5.41, 5.74) is 0.318. The Hall–Kier alpha value is -1.58. The fraction of sp³-hybridized carbons (Fsp3) is 0.143. The average molecular weight is 153 g/mol. The quantitative estimate of drug-likeness (QED) is 0.612. The highest BCUT2D eigenvalue weighted by molar-refractivity contribution is 5.88. The lowest BCUT2D eigenvalue weighted by Crippen LogP contribution is -2.09. The molecular formula is C7H7NO3. The smallest absolute Gasteiger partial charge is 0.337 e. The molecule has 4 nitrogen and oxygen atoms in total. The van der Waals surface area contributed by atoms with Crippen LogP contribution in [0.25, 0.3) is 0 Å². The summed E-state index contributed by atoms with van der Waals surface area (Å²) >= 11 is 0. The predicted molar refractivity (Wildman–Crippen MR) is 38.8 cm³/mol. The van der Waals surface area contributed by atoms with Crippen LogP contribution in [0.5, 0.6) is 0 Å². The largest absolute Gasteiger partial charge is 0.478 e. The highest BCUT2D eigenvalue weighted by atomic mass is 16.4. The Bertz CT molecular complexity index is 340. The fourth-order valence-corrected chi connectivity index (χ4v) is 0.804. The number of aromatic amines is 1. The Balaban J connectivity index is 3.31. The zero-order valence-corrected chi connectivity index (χ0v) is 5.92. The van der Waals surface area contributed by atoms with Gasteiger partial charge in [-0.25, -0.2) is 4.79 Å². The van der Waals surface area contributed by atoms with Crippen LogP contribution in [0.15, 0.2) is 17.1 Å². The molecular weight excluding hydrogens is 146 g/mol. The number of aromatic carboxylic acids is 1. The van der Waals surface area contributed by atoms with Crippen molar-refractivity contribution in [2.75, 3.05) is 0 Å². The van der Waals surface area contributed by atoms with E-state index < -0.39 is 5.97 Å². The van der Waals surface area contributed by atoms with Crippen molar-refractivity contribution in [1.82, 2.24) is 4.98 Å². The van der Waals surface area contributed by atoms with Gasteiger partial charge < -0.3 is 10.1 Å². The Morgan fingerprint density at radius 3 is 2.73 bits per heavy atom. The van der Waals surface area contributed by atoms with Crippen molar-refractivity contribution in [2.24, 2.45) is 0 Å². The van der Waals surface area contributed by atoms with Crippen molar-refractivity contribution in [3.05, 3.63) is 33.7 Å². The Morgan fingerprint density at radius 2 is 2.27 bits per heavy atom. The van der Waals surface area contributed by atoms with E-state index in [9.17, 15) is 9.59 Å². The number of hydrogen-bond donors (Lipinski definition) is 2. The first-order valence-electron chi connectivity index (χ1n) is 3.04. The van der Waals surface area contributed by atoms with Gasteiger partial charge in [-0.2, -0.15) is 0 Å². The van der Waals surface area contributed by atoms with E-state index in [-0.39, 0.29) is 11.1 Å². The zero-order chi connectivity index (χ0) is 8.43. The number of pyridine rings is 1. The highest BCUT2D eigenvalue weighted by Crippen LogP contribution is 2.00. The van der Waals surface area contributed by atoms with Crippen molar-refractivity contribution in [2.45, 2.75) is 6.92 Å². The fourth-order valence-electron chi connectivity index (χ4n) is 0.804. The first kappa shape index (κ1) is 7.53. The van der Waals surface area contributed by atoms with E-state index >= 15 is 0 Å². The van der Waals surface area contributed by atoms with Crippen LogP contribution in [0.2, 0.25) is 0 Å². The molecule has 0 saturated heterocycles. The Labute approximate surface area is 62.5 Å². The maximum absolute atomic E-state index is 10.6. The van der Waals surface area contributed by atoms with Gasteiger partial charge in [0.05, 0.1) is 5.56 Å². The van der Waals surface area contributed by atoms with Gasteiger partial charge >= 0.3 is 5.97 Å². The topological polar surface area (TPSA) is 70.2 Å². The second-order valence-corrected chi connectivity index (χ2v) is 2.20. The Kier molecular flexibility index (Phi) is 1.76. The molecule has 0 spiro atoms. The summed E-state index contributed by atoms with van der Waals surface area (Å²) in [4.78, 5) is 23.3. The lowest BCUT2D eigenvalue weighted by Gasteiger charge is -1.96. The first-order chi connectivity index (χ1) is 5.11. The molecule has 1 aromatic heterocycles. The molecule has 0 saturated carbocycles. The first-order valence-corrected chi connectivity index (χ1v) is 3.04.